The minimum Gasteiger partial charge on any atom is -0.371 e. The molecule has 4 aliphatic rings. The van der Waals surface area contributed by atoms with Crippen LogP contribution < -0.4 is 15.5 Å². The van der Waals surface area contributed by atoms with Crippen LogP contribution in [0.3, 0.4) is 0 Å². The van der Waals surface area contributed by atoms with Crippen molar-refractivity contribution in [2.24, 2.45) is 5.41 Å². The van der Waals surface area contributed by atoms with Gasteiger partial charge in [0.15, 0.2) is 0 Å². The fourth-order valence-electron chi connectivity index (χ4n) is 5.45. The summed E-state index contributed by atoms with van der Waals surface area (Å²) >= 11 is 0. The summed E-state index contributed by atoms with van der Waals surface area (Å²) in [6, 6.07) is 5.53. The molecule has 1 aromatic rings. The SMILES string of the molecule is O=C1CC[C@@H](N2Cc3cc(N4CCC5(CCNCC5)CC4)ccc3C2=O)C(=O)N1. The first-order chi connectivity index (χ1) is 14.0. The van der Waals surface area contributed by atoms with Gasteiger partial charge in [0.25, 0.3) is 5.91 Å². The fraction of sp³-hybridized carbons (Fsp3) is 0.591. The largest absolute Gasteiger partial charge is 0.371 e. The van der Waals surface area contributed by atoms with Crippen LogP contribution in [0.5, 0.6) is 0 Å². The van der Waals surface area contributed by atoms with Crippen molar-refractivity contribution >= 4 is 23.4 Å². The fourth-order valence-corrected chi connectivity index (χ4v) is 5.45. The van der Waals surface area contributed by atoms with Crippen molar-refractivity contribution in [1.29, 1.82) is 0 Å². The summed E-state index contributed by atoms with van der Waals surface area (Å²) in [5.74, 6) is -0.714. The lowest BCUT2D eigenvalue weighted by Crippen LogP contribution is -2.52. The number of anilines is 1. The number of hydrogen-bond acceptors (Lipinski definition) is 5. The van der Waals surface area contributed by atoms with Crippen molar-refractivity contribution < 1.29 is 14.4 Å². The van der Waals surface area contributed by atoms with E-state index in [9.17, 15) is 14.4 Å². The molecule has 4 aliphatic heterocycles. The van der Waals surface area contributed by atoms with Crippen LogP contribution in [0.15, 0.2) is 18.2 Å². The Morgan fingerprint density at radius 1 is 1.00 bits per heavy atom. The standard InChI is InChI=1S/C22H28N4O3/c27-19-4-3-18(20(28)24-19)26-14-15-13-16(1-2-17(15)21(26)29)25-11-7-22(8-12-25)5-9-23-10-6-22/h1-2,13,18,23H,3-12,14H2,(H,24,27,28)/t18-/m1/s1. The molecule has 2 N–H and O–H groups in total. The number of hydrogen-bond donors (Lipinski definition) is 2. The lowest BCUT2D eigenvalue weighted by Gasteiger charge is -2.45. The molecular formula is C22H28N4O3. The Bertz CT molecular complexity index is 852. The van der Waals surface area contributed by atoms with Crippen LogP contribution in [0.2, 0.25) is 0 Å². The topological polar surface area (TPSA) is 81.8 Å². The highest BCUT2D eigenvalue weighted by Crippen LogP contribution is 2.41. The average molecular weight is 396 g/mol. The Hall–Kier alpha value is -2.41. The first kappa shape index (κ1) is 18.6. The summed E-state index contributed by atoms with van der Waals surface area (Å²) in [6.07, 6.45) is 5.70. The predicted octanol–water partition coefficient (Wildman–Crippen LogP) is 1.42. The van der Waals surface area contributed by atoms with Gasteiger partial charge in [-0.1, -0.05) is 0 Å². The quantitative estimate of drug-likeness (QED) is 0.739. The maximum atomic E-state index is 12.9. The molecule has 1 atom stereocenters. The number of nitrogens with zero attached hydrogens (tertiary/aromatic N) is 2. The van der Waals surface area contributed by atoms with E-state index in [1.807, 2.05) is 12.1 Å². The Morgan fingerprint density at radius 3 is 2.48 bits per heavy atom. The molecule has 3 amide bonds. The highest BCUT2D eigenvalue weighted by Gasteiger charge is 2.40. The van der Waals surface area contributed by atoms with Gasteiger partial charge < -0.3 is 15.1 Å². The molecule has 0 bridgehead atoms. The summed E-state index contributed by atoms with van der Waals surface area (Å²) in [4.78, 5) is 40.5. The van der Waals surface area contributed by atoms with Gasteiger partial charge in [-0.15, -0.1) is 0 Å². The number of nitrogens with one attached hydrogen (secondary N) is 2. The Kier molecular flexibility index (Phi) is 4.57. The molecule has 0 unspecified atom stereocenters. The highest BCUT2D eigenvalue weighted by molar-refractivity contribution is 6.05. The number of amides is 3. The van der Waals surface area contributed by atoms with Crippen LogP contribution in [-0.2, 0) is 16.1 Å². The minimum atomic E-state index is -0.550. The molecule has 154 valence electrons. The second-order valence-corrected chi connectivity index (χ2v) is 8.98. The molecule has 3 fully saturated rings. The summed E-state index contributed by atoms with van der Waals surface area (Å²) in [5.41, 5.74) is 3.35. The van der Waals surface area contributed by atoms with Gasteiger partial charge in [0.05, 0.1) is 0 Å². The van der Waals surface area contributed by atoms with E-state index in [4.69, 9.17) is 0 Å². The van der Waals surface area contributed by atoms with Gasteiger partial charge in [0.1, 0.15) is 6.04 Å². The number of rotatable bonds is 2. The third kappa shape index (κ3) is 3.31. The summed E-state index contributed by atoms with van der Waals surface area (Å²) in [7, 11) is 0. The van der Waals surface area contributed by atoms with Crippen molar-refractivity contribution in [2.45, 2.75) is 51.1 Å². The number of imide groups is 1. The van der Waals surface area contributed by atoms with E-state index in [0.717, 1.165) is 31.7 Å². The number of carbonyl (C=O) groups excluding carboxylic acids is 3. The molecule has 1 aromatic carbocycles. The van der Waals surface area contributed by atoms with E-state index >= 15 is 0 Å². The Balaban J connectivity index is 1.29. The van der Waals surface area contributed by atoms with Gasteiger partial charge in [-0.05, 0) is 74.4 Å². The van der Waals surface area contributed by atoms with E-state index in [1.54, 1.807) is 4.90 Å². The van der Waals surface area contributed by atoms with E-state index in [-0.39, 0.29) is 24.1 Å². The maximum Gasteiger partial charge on any atom is 0.255 e. The van der Waals surface area contributed by atoms with Crippen LogP contribution in [0.25, 0.3) is 0 Å². The van der Waals surface area contributed by atoms with Crippen molar-refractivity contribution in [3.05, 3.63) is 29.3 Å². The first-order valence-corrected chi connectivity index (χ1v) is 10.8. The van der Waals surface area contributed by atoms with Gasteiger partial charge in [0.2, 0.25) is 11.8 Å². The molecule has 0 radical (unpaired) electrons. The van der Waals surface area contributed by atoms with Gasteiger partial charge >= 0.3 is 0 Å². The molecular weight excluding hydrogens is 368 g/mol. The molecule has 7 heteroatoms. The van der Waals surface area contributed by atoms with Crippen LogP contribution in [0.1, 0.15) is 54.4 Å². The molecule has 29 heavy (non-hydrogen) atoms. The maximum absolute atomic E-state index is 12.9. The van der Waals surface area contributed by atoms with Crippen molar-refractivity contribution in [3.63, 3.8) is 0 Å². The smallest absolute Gasteiger partial charge is 0.255 e. The predicted molar refractivity (Wildman–Crippen MR) is 108 cm³/mol. The molecule has 7 nitrogen and oxygen atoms in total. The third-order valence-corrected chi connectivity index (χ3v) is 7.36. The normalized spacial score (nSPS) is 26.6. The van der Waals surface area contributed by atoms with Gasteiger partial charge in [-0.2, -0.15) is 0 Å². The summed E-state index contributed by atoms with van der Waals surface area (Å²) < 4.78 is 0. The van der Waals surface area contributed by atoms with E-state index in [2.05, 4.69) is 21.6 Å². The molecule has 4 heterocycles. The molecule has 5 rings (SSSR count). The zero-order valence-electron chi connectivity index (χ0n) is 16.7. The summed E-state index contributed by atoms with van der Waals surface area (Å²) in [6.45, 7) is 4.83. The van der Waals surface area contributed by atoms with Crippen molar-refractivity contribution in [2.75, 3.05) is 31.1 Å². The van der Waals surface area contributed by atoms with Crippen LogP contribution >= 0.6 is 0 Å². The Morgan fingerprint density at radius 2 is 1.76 bits per heavy atom. The average Bonchev–Trinajstić information content (AvgIpc) is 3.05. The lowest BCUT2D eigenvalue weighted by atomic mass is 9.71. The number of fused-ring (bicyclic) bond motifs is 1. The second-order valence-electron chi connectivity index (χ2n) is 8.98. The zero-order chi connectivity index (χ0) is 20.0. The third-order valence-electron chi connectivity index (χ3n) is 7.36. The van der Waals surface area contributed by atoms with Gasteiger partial charge in [-0.25, -0.2) is 0 Å². The second kappa shape index (κ2) is 7.13. The molecule has 0 aromatic heterocycles. The van der Waals surface area contributed by atoms with E-state index < -0.39 is 6.04 Å². The van der Waals surface area contributed by atoms with Gasteiger partial charge in [0, 0.05) is 37.3 Å². The van der Waals surface area contributed by atoms with E-state index in [1.165, 1.54) is 31.4 Å². The van der Waals surface area contributed by atoms with E-state index in [0.29, 0.717) is 23.9 Å². The zero-order valence-corrected chi connectivity index (χ0v) is 16.7. The first-order valence-electron chi connectivity index (χ1n) is 10.8. The van der Waals surface area contributed by atoms with Crippen LogP contribution in [0.4, 0.5) is 5.69 Å². The number of piperidine rings is 3. The van der Waals surface area contributed by atoms with Crippen LogP contribution in [-0.4, -0.2) is 54.8 Å². The molecule has 0 saturated carbocycles. The monoisotopic (exact) mass is 396 g/mol. The minimum absolute atomic E-state index is 0.103. The van der Waals surface area contributed by atoms with Gasteiger partial charge in [-0.3, -0.25) is 19.7 Å². The highest BCUT2D eigenvalue weighted by atomic mass is 16.2. The molecule has 0 aliphatic carbocycles. The van der Waals surface area contributed by atoms with Crippen molar-refractivity contribution in [3.8, 4) is 0 Å². The molecule has 3 saturated heterocycles. The molecule has 1 spiro atoms. The van der Waals surface area contributed by atoms with Crippen LogP contribution in [0, 0.1) is 5.41 Å². The number of carbonyl (C=O) groups is 3. The number of benzene rings is 1. The lowest BCUT2D eigenvalue weighted by molar-refractivity contribution is -0.136. The Labute approximate surface area is 170 Å². The summed E-state index contributed by atoms with van der Waals surface area (Å²) in [5, 5.41) is 5.83. The van der Waals surface area contributed by atoms with Crippen molar-refractivity contribution in [1.82, 2.24) is 15.5 Å².